The molecule has 1 fully saturated rings. The van der Waals surface area contributed by atoms with Crippen LogP contribution in [0.5, 0.6) is 0 Å². The van der Waals surface area contributed by atoms with Crippen LogP contribution in [0.25, 0.3) is 39.1 Å². The lowest BCUT2D eigenvalue weighted by atomic mass is 10.2. The quantitative estimate of drug-likeness (QED) is 0.428. The number of ether oxygens (including phenoxy) is 1. The third kappa shape index (κ3) is 2.84. The Morgan fingerprint density at radius 3 is 2.52 bits per heavy atom. The molecule has 7 nitrogen and oxygen atoms in total. The molecule has 4 heterocycles. The van der Waals surface area contributed by atoms with Gasteiger partial charge in [-0.15, -0.1) is 0 Å². The van der Waals surface area contributed by atoms with E-state index in [-0.39, 0.29) is 11.8 Å². The highest BCUT2D eigenvalue weighted by Gasteiger charge is 2.26. The van der Waals surface area contributed by atoms with Crippen LogP contribution >= 0.6 is 0 Å². The highest BCUT2D eigenvalue weighted by molar-refractivity contribution is 6.06. The Morgan fingerprint density at radius 2 is 1.68 bits per heavy atom. The normalized spacial score (nSPS) is 15.0. The zero-order valence-corrected chi connectivity index (χ0v) is 16.3. The van der Waals surface area contributed by atoms with Crippen LogP contribution in [0.1, 0.15) is 12.2 Å². The van der Waals surface area contributed by atoms with Gasteiger partial charge in [0, 0.05) is 18.5 Å². The van der Waals surface area contributed by atoms with Crippen molar-refractivity contribution in [1.29, 1.82) is 0 Å². The molecule has 3 aromatic heterocycles. The SMILES string of the molecule is FC(F)c1nc2ccccc2n1-c1nc(N2CCOCC2)c2oc3ccccc3c2n1. The van der Waals surface area contributed by atoms with Crippen molar-refractivity contribution in [2.45, 2.75) is 6.43 Å². The zero-order valence-electron chi connectivity index (χ0n) is 16.3. The monoisotopic (exact) mass is 421 g/mol. The van der Waals surface area contributed by atoms with Gasteiger partial charge in [-0.05, 0) is 24.3 Å². The van der Waals surface area contributed by atoms with Gasteiger partial charge in [-0.25, -0.2) is 18.7 Å². The molecule has 0 atom stereocenters. The topological polar surface area (TPSA) is 69.2 Å². The van der Waals surface area contributed by atoms with E-state index in [0.29, 0.717) is 59.8 Å². The fourth-order valence-corrected chi connectivity index (χ4v) is 4.06. The molecule has 9 heteroatoms. The molecular formula is C22H17F2N5O2. The van der Waals surface area contributed by atoms with Gasteiger partial charge in [-0.3, -0.25) is 4.57 Å². The maximum Gasteiger partial charge on any atom is 0.296 e. The predicted molar refractivity (Wildman–Crippen MR) is 112 cm³/mol. The number of para-hydroxylation sites is 3. The number of imidazole rings is 1. The molecule has 0 saturated carbocycles. The Kier molecular flexibility index (Phi) is 4.10. The summed E-state index contributed by atoms with van der Waals surface area (Å²) < 4.78 is 40.8. The number of rotatable bonds is 3. The molecule has 5 aromatic rings. The van der Waals surface area contributed by atoms with E-state index in [9.17, 15) is 8.78 Å². The number of hydrogen-bond acceptors (Lipinski definition) is 6. The zero-order chi connectivity index (χ0) is 20.9. The van der Waals surface area contributed by atoms with E-state index in [2.05, 4.69) is 9.97 Å². The molecule has 31 heavy (non-hydrogen) atoms. The van der Waals surface area contributed by atoms with Gasteiger partial charge in [0.25, 0.3) is 6.43 Å². The van der Waals surface area contributed by atoms with E-state index in [1.54, 1.807) is 24.3 Å². The molecule has 1 saturated heterocycles. The largest absolute Gasteiger partial charge is 0.450 e. The van der Waals surface area contributed by atoms with Crippen molar-refractivity contribution in [2.75, 3.05) is 31.2 Å². The molecule has 0 unspecified atom stereocenters. The molecule has 0 bridgehead atoms. The van der Waals surface area contributed by atoms with Gasteiger partial charge in [-0.1, -0.05) is 24.3 Å². The van der Waals surface area contributed by atoms with Gasteiger partial charge in [0.05, 0.1) is 24.2 Å². The van der Waals surface area contributed by atoms with Gasteiger partial charge in [0.1, 0.15) is 11.1 Å². The number of benzene rings is 2. The minimum atomic E-state index is -2.78. The van der Waals surface area contributed by atoms with Gasteiger partial charge in [0.2, 0.25) is 5.95 Å². The van der Waals surface area contributed by atoms with Crippen LogP contribution < -0.4 is 4.90 Å². The van der Waals surface area contributed by atoms with Crippen molar-refractivity contribution >= 4 is 38.9 Å². The molecule has 2 aromatic carbocycles. The Balaban J connectivity index is 1.69. The molecule has 0 amide bonds. The molecular weight excluding hydrogens is 404 g/mol. The Bertz CT molecular complexity index is 1420. The van der Waals surface area contributed by atoms with E-state index in [0.717, 1.165) is 5.39 Å². The first-order chi connectivity index (χ1) is 15.2. The number of morpholine rings is 1. The summed E-state index contributed by atoms with van der Waals surface area (Å²) in [5.41, 5.74) is 2.78. The van der Waals surface area contributed by atoms with E-state index in [1.165, 1.54) is 4.57 Å². The molecule has 1 aliphatic rings. The molecule has 156 valence electrons. The number of alkyl halides is 2. The molecule has 0 aliphatic carbocycles. The number of furan rings is 1. The Hall–Kier alpha value is -3.59. The van der Waals surface area contributed by atoms with Crippen molar-refractivity contribution in [1.82, 2.24) is 19.5 Å². The summed E-state index contributed by atoms with van der Waals surface area (Å²) in [5.74, 6) is 0.323. The lowest BCUT2D eigenvalue weighted by molar-refractivity contribution is 0.122. The summed E-state index contributed by atoms with van der Waals surface area (Å²) in [4.78, 5) is 15.6. The van der Waals surface area contributed by atoms with Crippen molar-refractivity contribution < 1.29 is 17.9 Å². The van der Waals surface area contributed by atoms with Gasteiger partial charge < -0.3 is 14.1 Å². The summed E-state index contributed by atoms with van der Waals surface area (Å²) in [6.45, 7) is 2.35. The second kappa shape index (κ2) is 6.98. The smallest absolute Gasteiger partial charge is 0.296 e. The summed E-state index contributed by atoms with van der Waals surface area (Å²) >= 11 is 0. The number of nitrogens with zero attached hydrogens (tertiary/aromatic N) is 5. The third-order valence-corrected chi connectivity index (χ3v) is 5.48. The van der Waals surface area contributed by atoms with Crippen LogP contribution in [0.15, 0.2) is 52.9 Å². The molecule has 6 rings (SSSR count). The first-order valence-electron chi connectivity index (χ1n) is 9.98. The van der Waals surface area contributed by atoms with Crippen LogP contribution in [0.2, 0.25) is 0 Å². The van der Waals surface area contributed by atoms with Crippen LogP contribution in [-0.4, -0.2) is 45.8 Å². The average molecular weight is 421 g/mol. The van der Waals surface area contributed by atoms with E-state index >= 15 is 0 Å². The van der Waals surface area contributed by atoms with Gasteiger partial charge in [0.15, 0.2) is 17.2 Å². The average Bonchev–Trinajstić information content (AvgIpc) is 3.38. The first-order valence-corrected chi connectivity index (χ1v) is 9.98. The fourth-order valence-electron chi connectivity index (χ4n) is 4.06. The maximum atomic E-state index is 13.9. The summed E-state index contributed by atoms with van der Waals surface area (Å²) in [6, 6.07) is 14.5. The van der Waals surface area contributed by atoms with Crippen LogP contribution in [0.3, 0.4) is 0 Å². The van der Waals surface area contributed by atoms with Crippen molar-refractivity contribution in [3.63, 3.8) is 0 Å². The lowest BCUT2D eigenvalue weighted by Gasteiger charge is -2.27. The van der Waals surface area contributed by atoms with Crippen molar-refractivity contribution in [3.05, 3.63) is 54.4 Å². The molecule has 0 N–H and O–H groups in total. The number of hydrogen-bond donors (Lipinski definition) is 0. The van der Waals surface area contributed by atoms with Crippen LogP contribution in [0, 0.1) is 0 Å². The maximum absolute atomic E-state index is 13.9. The number of anilines is 1. The van der Waals surface area contributed by atoms with E-state index < -0.39 is 6.43 Å². The number of aromatic nitrogens is 4. The van der Waals surface area contributed by atoms with Gasteiger partial charge in [-0.2, -0.15) is 4.98 Å². The van der Waals surface area contributed by atoms with Crippen LogP contribution in [-0.2, 0) is 4.74 Å². The summed E-state index contributed by atoms with van der Waals surface area (Å²) in [6.07, 6.45) is -2.78. The predicted octanol–water partition coefficient (Wildman–Crippen LogP) is 4.49. The van der Waals surface area contributed by atoms with E-state index in [1.807, 2.05) is 29.2 Å². The van der Waals surface area contributed by atoms with Crippen LogP contribution in [0.4, 0.5) is 14.6 Å². The lowest BCUT2D eigenvalue weighted by Crippen LogP contribution is -2.37. The standard InChI is InChI=1S/C22H17F2N5O2/c23-19(24)21-25-14-6-2-3-7-15(14)29(21)22-26-17-13-5-1-4-8-16(13)31-18(17)20(27-22)28-9-11-30-12-10-28/h1-8,19H,9-12H2. The third-order valence-electron chi connectivity index (χ3n) is 5.48. The summed E-state index contributed by atoms with van der Waals surface area (Å²) in [5, 5.41) is 0.804. The number of fused-ring (bicyclic) bond motifs is 4. The highest BCUT2D eigenvalue weighted by atomic mass is 19.3. The Labute approximate surface area is 174 Å². The van der Waals surface area contributed by atoms with Gasteiger partial charge >= 0.3 is 0 Å². The minimum Gasteiger partial charge on any atom is -0.450 e. The molecule has 0 radical (unpaired) electrons. The second-order valence-corrected chi connectivity index (χ2v) is 7.32. The van der Waals surface area contributed by atoms with Crippen molar-refractivity contribution in [3.8, 4) is 5.95 Å². The molecule has 1 aliphatic heterocycles. The second-order valence-electron chi connectivity index (χ2n) is 7.32. The Morgan fingerprint density at radius 1 is 0.903 bits per heavy atom. The van der Waals surface area contributed by atoms with E-state index in [4.69, 9.17) is 14.1 Å². The highest BCUT2D eigenvalue weighted by Crippen LogP contribution is 2.35. The number of halogens is 2. The summed E-state index contributed by atoms with van der Waals surface area (Å²) in [7, 11) is 0. The van der Waals surface area contributed by atoms with Crippen molar-refractivity contribution in [2.24, 2.45) is 0 Å². The fraction of sp³-hybridized carbons (Fsp3) is 0.227. The minimum absolute atomic E-state index is 0.143. The molecule has 0 spiro atoms. The first kappa shape index (κ1) is 18.2.